The molecule has 0 aliphatic carbocycles. The van der Waals surface area contributed by atoms with Crippen LogP contribution in [0.4, 0.5) is 0 Å². The Morgan fingerprint density at radius 3 is 1.65 bits per heavy atom. The molecule has 14 nitrogen and oxygen atoms in total. The SMILES string of the molecule is CC(C)CC1NC(=O)C(Cc2c[nH]c3ccccc23)NC(=O)C(C(C)C)NC(=O)C2NC(SC2(C)C)C(C(C)C)NC(=O)C(C(C)C)NC(=O)C(C(C)C)NC1=O. The summed E-state index contributed by atoms with van der Waals surface area (Å²) in [5, 5.41) is 21.7. The smallest absolute Gasteiger partial charge is 0.243 e. The largest absolute Gasteiger partial charge is 0.361 e. The first-order valence-corrected chi connectivity index (χ1v) is 21.3. The molecule has 1 aromatic carbocycles. The lowest BCUT2D eigenvalue weighted by Crippen LogP contribution is -2.61. The molecule has 57 heavy (non-hydrogen) atoms. The Morgan fingerprint density at radius 2 is 1.09 bits per heavy atom. The monoisotopic (exact) mass is 810 g/mol. The number of carbonyl (C=O) groups is 6. The minimum Gasteiger partial charge on any atom is -0.361 e. The molecule has 2 bridgehead atoms. The Kier molecular flexibility index (Phi) is 15.3. The van der Waals surface area contributed by atoms with E-state index in [0.29, 0.717) is 0 Å². The van der Waals surface area contributed by atoms with Crippen molar-refractivity contribution in [2.75, 3.05) is 0 Å². The van der Waals surface area contributed by atoms with E-state index < -0.39 is 70.7 Å². The van der Waals surface area contributed by atoms with Crippen molar-refractivity contribution in [3.05, 3.63) is 36.0 Å². The number of hydrogen-bond donors (Lipinski definition) is 8. The third-order valence-electron chi connectivity index (χ3n) is 10.9. The first kappa shape index (κ1) is 45.6. The third kappa shape index (κ3) is 11.3. The Bertz CT molecular complexity index is 1770. The fourth-order valence-electron chi connectivity index (χ4n) is 7.51. The highest BCUT2D eigenvalue weighted by Gasteiger charge is 2.49. The zero-order valence-electron chi connectivity index (χ0n) is 35.7. The van der Waals surface area contributed by atoms with Crippen LogP contribution in [0.2, 0.25) is 0 Å². The number of nitrogens with one attached hydrogen (secondary N) is 8. The lowest BCUT2D eigenvalue weighted by atomic mass is 9.96. The maximum absolute atomic E-state index is 14.4. The van der Waals surface area contributed by atoms with Crippen molar-refractivity contribution in [3.8, 4) is 0 Å². The number of thioether (sulfide) groups is 1. The molecule has 8 N–H and O–H groups in total. The van der Waals surface area contributed by atoms with Crippen molar-refractivity contribution in [1.29, 1.82) is 0 Å². The number of fused-ring (bicyclic) bond motifs is 3. The van der Waals surface area contributed by atoms with Crippen LogP contribution in [0.5, 0.6) is 0 Å². The van der Waals surface area contributed by atoms with Crippen molar-refractivity contribution in [3.63, 3.8) is 0 Å². The summed E-state index contributed by atoms with van der Waals surface area (Å²) in [6.45, 7) is 22.6. The number of para-hydroxylation sites is 1. The molecule has 2 saturated heterocycles. The predicted octanol–water partition coefficient (Wildman–Crippen LogP) is 3.11. The van der Waals surface area contributed by atoms with Crippen LogP contribution in [-0.4, -0.2) is 92.8 Å². The maximum Gasteiger partial charge on any atom is 0.243 e. The number of aromatic nitrogens is 1. The highest BCUT2D eigenvalue weighted by atomic mass is 32.2. The number of benzene rings is 1. The summed E-state index contributed by atoms with van der Waals surface area (Å²) in [6, 6.07) is 1.33. The Balaban J connectivity index is 1.80. The molecule has 15 heteroatoms. The molecule has 8 unspecified atom stereocenters. The van der Waals surface area contributed by atoms with E-state index in [4.69, 9.17) is 0 Å². The molecule has 2 aromatic rings. The van der Waals surface area contributed by atoms with Gasteiger partial charge in [0.15, 0.2) is 0 Å². The van der Waals surface area contributed by atoms with Crippen molar-refractivity contribution in [2.24, 2.45) is 29.6 Å². The van der Waals surface area contributed by atoms with Crippen molar-refractivity contribution in [1.82, 2.24) is 42.2 Å². The Hall–Kier alpha value is -4.11. The van der Waals surface area contributed by atoms with Gasteiger partial charge in [-0.3, -0.25) is 34.1 Å². The zero-order valence-corrected chi connectivity index (χ0v) is 36.5. The van der Waals surface area contributed by atoms with Crippen LogP contribution in [-0.2, 0) is 35.2 Å². The summed E-state index contributed by atoms with van der Waals surface area (Å²) in [5.41, 5.74) is 1.65. The molecule has 316 valence electrons. The molecule has 4 rings (SSSR count). The van der Waals surface area contributed by atoms with Gasteiger partial charge in [0.05, 0.1) is 11.4 Å². The Labute approximate surface area is 342 Å². The molecule has 0 radical (unpaired) electrons. The van der Waals surface area contributed by atoms with E-state index in [-0.39, 0.29) is 59.6 Å². The summed E-state index contributed by atoms with van der Waals surface area (Å²) >= 11 is 1.53. The summed E-state index contributed by atoms with van der Waals surface area (Å²) in [4.78, 5) is 88.2. The summed E-state index contributed by atoms with van der Waals surface area (Å²) < 4.78 is -0.640. The fourth-order valence-corrected chi connectivity index (χ4v) is 9.21. The van der Waals surface area contributed by atoms with Gasteiger partial charge < -0.3 is 36.9 Å². The van der Waals surface area contributed by atoms with Gasteiger partial charge in [0.1, 0.15) is 36.3 Å². The average Bonchev–Trinajstić information content (AvgIpc) is 3.67. The minimum atomic E-state index is -1.13. The molecule has 2 aliphatic heterocycles. The van der Waals surface area contributed by atoms with E-state index in [1.54, 1.807) is 20.0 Å². The quantitative estimate of drug-likeness (QED) is 0.199. The lowest BCUT2D eigenvalue weighted by molar-refractivity contribution is -0.136. The van der Waals surface area contributed by atoms with Crippen molar-refractivity contribution < 1.29 is 28.8 Å². The normalized spacial score (nSPS) is 28.6. The predicted molar refractivity (Wildman–Crippen MR) is 225 cm³/mol. The molecule has 6 amide bonds. The first-order valence-electron chi connectivity index (χ1n) is 20.4. The second kappa shape index (κ2) is 19.1. The van der Waals surface area contributed by atoms with Crippen molar-refractivity contribution in [2.45, 2.75) is 148 Å². The lowest BCUT2D eigenvalue weighted by Gasteiger charge is -2.32. The zero-order chi connectivity index (χ0) is 42.5. The molecule has 1 aromatic heterocycles. The van der Waals surface area contributed by atoms with Gasteiger partial charge in [-0.1, -0.05) is 87.4 Å². The van der Waals surface area contributed by atoms with Gasteiger partial charge in [-0.05, 0) is 61.5 Å². The van der Waals surface area contributed by atoms with E-state index in [0.717, 1.165) is 16.5 Å². The van der Waals surface area contributed by atoms with Crippen LogP contribution >= 0.6 is 11.8 Å². The fraction of sp³-hybridized carbons (Fsp3) is 0.667. The maximum atomic E-state index is 14.4. The summed E-state index contributed by atoms with van der Waals surface area (Å²) in [6.07, 6.45) is 2.14. The number of hydrogen-bond acceptors (Lipinski definition) is 8. The molecular formula is C42H66N8O6S. The number of carbonyl (C=O) groups excluding carboxylic acids is 6. The Morgan fingerprint density at radius 1 is 0.596 bits per heavy atom. The second-order valence-electron chi connectivity index (χ2n) is 18.0. The van der Waals surface area contributed by atoms with E-state index in [1.165, 1.54) is 11.8 Å². The van der Waals surface area contributed by atoms with E-state index >= 15 is 0 Å². The average molecular weight is 811 g/mol. The van der Waals surface area contributed by atoms with Gasteiger partial charge >= 0.3 is 0 Å². The van der Waals surface area contributed by atoms with Crippen LogP contribution in [0.1, 0.15) is 95.1 Å². The topological polar surface area (TPSA) is 202 Å². The number of H-pyrrole nitrogens is 1. The number of rotatable bonds is 8. The van der Waals surface area contributed by atoms with Crippen LogP contribution in [0.25, 0.3) is 10.9 Å². The molecular weight excluding hydrogens is 745 g/mol. The third-order valence-corrected chi connectivity index (χ3v) is 12.4. The van der Waals surface area contributed by atoms with Crippen molar-refractivity contribution >= 4 is 58.1 Å². The van der Waals surface area contributed by atoms with Gasteiger partial charge in [0.2, 0.25) is 35.4 Å². The van der Waals surface area contributed by atoms with Gasteiger partial charge in [0, 0.05) is 28.3 Å². The molecule has 2 aliphatic rings. The van der Waals surface area contributed by atoms with Crippen LogP contribution in [0, 0.1) is 29.6 Å². The second-order valence-corrected chi connectivity index (χ2v) is 19.8. The minimum absolute atomic E-state index is 0.0293. The molecule has 8 atom stereocenters. The van der Waals surface area contributed by atoms with Crippen LogP contribution in [0.15, 0.2) is 30.5 Å². The molecule has 0 spiro atoms. The summed E-state index contributed by atoms with van der Waals surface area (Å²) in [5.74, 6) is -4.09. The van der Waals surface area contributed by atoms with Gasteiger partial charge in [-0.15, -0.1) is 11.8 Å². The molecule has 2 fully saturated rings. The molecule has 0 saturated carbocycles. The highest BCUT2D eigenvalue weighted by Crippen LogP contribution is 2.40. The van der Waals surface area contributed by atoms with Gasteiger partial charge in [-0.25, -0.2) is 0 Å². The summed E-state index contributed by atoms with van der Waals surface area (Å²) in [7, 11) is 0. The van der Waals surface area contributed by atoms with E-state index in [2.05, 4.69) is 42.2 Å². The van der Waals surface area contributed by atoms with E-state index in [9.17, 15) is 28.8 Å². The van der Waals surface area contributed by atoms with Crippen LogP contribution < -0.4 is 37.2 Å². The number of aromatic amines is 1. The van der Waals surface area contributed by atoms with Gasteiger partial charge in [-0.2, -0.15) is 0 Å². The molecule has 3 heterocycles. The standard InChI is InChI=1S/C42H66N8O6S/c1-20(2)17-28-36(52)46-31(22(5)6)38(54)47-32(23(7)8)39(55)49-33(24(9)10)41-50-34(42(11,12)57-41)40(56)48-30(21(3)4)37(53)45-29(35(51)44-28)18-25-19-43-27-16-14-13-15-26(25)27/h13-16,19-24,28-34,41,43,50H,17-18H2,1-12H3,(H,44,51)(H,45,53)(H,46,52)(H,47,54)(H,48,56)(H,49,55). The first-order chi connectivity index (χ1) is 26.6. The number of amides is 6. The highest BCUT2D eigenvalue weighted by molar-refractivity contribution is 8.01. The van der Waals surface area contributed by atoms with E-state index in [1.807, 2.05) is 93.5 Å². The van der Waals surface area contributed by atoms with Crippen LogP contribution in [0.3, 0.4) is 0 Å². The van der Waals surface area contributed by atoms with Gasteiger partial charge in [0.25, 0.3) is 0 Å².